The van der Waals surface area contributed by atoms with Gasteiger partial charge in [0.05, 0.1) is 50.1 Å². The van der Waals surface area contributed by atoms with E-state index in [0.29, 0.717) is 64.7 Å². The van der Waals surface area contributed by atoms with Gasteiger partial charge in [-0.2, -0.15) is 0 Å². The molecule has 57 heavy (non-hydrogen) atoms. The third-order valence-electron chi connectivity index (χ3n) is 9.44. The minimum atomic E-state index is -0.415. The van der Waals surface area contributed by atoms with E-state index < -0.39 is 6.03 Å². The van der Waals surface area contributed by atoms with Crippen LogP contribution in [-0.4, -0.2) is 81.2 Å². The van der Waals surface area contributed by atoms with Gasteiger partial charge in [0.25, 0.3) is 5.91 Å². The Kier molecular flexibility index (Phi) is 13.3. The van der Waals surface area contributed by atoms with Crippen molar-refractivity contribution in [3.8, 4) is 23.0 Å². The zero-order valence-electron chi connectivity index (χ0n) is 33.4. The van der Waals surface area contributed by atoms with Gasteiger partial charge in [-0.05, 0) is 60.4 Å². The first-order valence-electron chi connectivity index (χ1n) is 18.8. The van der Waals surface area contributed by atoms with E-state index in [-0.39, 0.29) is 17.4 Å². The second kappa shape index (κ2) is 18.5. The summed E-state index contributed by atoms with van der Waals surface area (Å²) in [5.41, 5.74) is 3.95. The molecule has 14 heteroatoms. The largest absolute Gasteiger partial charge is 0.496 e. The topological polar surface area (TPSA) is 147 Å². The number of carbonyl (C=O) groups is 2. The molecular formula is C43H51N7O6S. The molecule has 3 amide bonds. The van der Waals surface area contributed by atoms with Crippen molar-refractivity contribution in [2.45, 2.75) is 39.2 Å². The van der Waals surface area contributed by atoms with Crippen molar-refractivity contribution in [3.63, 3.8) is 0 Å². The van der Waals surface area contributed by atoms with Crippen LogP contribution in [0.3, 0.4) is 0 Å². The van der Waals surface area contributed by atoms with Crippen LogP contribution in [0.2, 0.25) is 0 Å². The van der Waals surface area contributed by atoms with Crippen LogP contribution in [0.25, 0.3) is 10.8 Å². The van der Waals surface area contributed by atoms with Crippen LogP contribution in [0.4, 0.5) is 33.4 Å². The van der Waals surface area contributed by atoms with Crippen LogP contribution in [-0.2, 0) is 10.2 Å². The lowest BCUT2D eigenvalue weighted by Crippen LogP contribution is -2.46. The molecule has 0 aliphatic carbocycles. The zero-order valence-corrected chi connectivity index (χ0v) is 34.3. The Morgan fingerprint density at radius 3 is 2.33 bits per heavy atom. The third kappa shape index (κ3) is 10.4. The predicted octanol–water partition coefficient (Wildman–Crippen LogP) is 8.87. The summed E-state index contributed by atoms with van der Waals surface area (Å²) >= 11 is 1.45. The molecule has 0 radical (unpaired) electrons. The number of hydrogen-bond donors (Lipinski definition) is 5. The van der Waals surface area contributed by atoms with E-state index in [1.165, 1.54) is 11.9 Å². The van der Waals surface area contributed by atoms with E-state index in [0.717, 1.165) is 41.7 Å². The fourth-order valence-corrected chi connectivity index (χ4v) is 6.97. The summed E-state index contributed by atoms with van der Waals surface area (Å²) in [4.78, 5) is 33.5. The molecule has 1 aliphatic rings. The molecule has 0 spiro atoms. The highest BCUT2D eigenvalue weighted by Gasteiger charge is 2.22. The first kappa shape index (κ1) is 40.9. The summed E-state index contributed by atoms with van der Waals surface area (Å²) in [6, 6.07) is 23.7. The van der Waals surface area contributed by atoms with Gasteiger partial charge < -0.3 is 44.9 Å². The minimum absolute atomic E-state index is 0.0446. The number of rotatable bonds is 14. The first-order chi connectivity index (χ1) is 27.4. The zero-order chi connectivity index (χ0) is 40.5. The van der Waals surface area contributed by atoms with Crippen LogP contribution in [0.5, 0.6) is 23.0 Å². The monoisotopic (exact) mass is 793 g/mol. The Balaban J connectivity index is 1.14. The van der Waals surface area contributed by atoms with Crippen molar-refractivity contribution < 1.29 is 28.5 Å². The second-order valence-corrected chi connectivity index (χ2v) is 15.3. The number of amides is 3. The Morgan fingerprint density at radius 2 is 1.61 bits per heavy atom. The van der Waals surface area contributed by atoms with E-state index in [9.17, 15) is 9.59 Å². The number of urea groups is 1. The number of carbonyl (C=O) groups excluding carboxylic acids is 2. The molecule has 13 nitrogen and oxygen atoms in total. The van der Waals surface area contributed by atoms with E-state index in [1.54, 1.807) is 44.7 Å². The molecule has 1 atom stereocenters. The van der Waals surface area contributed by atoms with Gasteiger partial charge in [0, 0.05) is 66.7 Å². The summed E-state index contributed by atoms with van der Waals surface area (Å²) in [6.07, 6.45) is 3.58. The van der Waals surface area contributed by atoms with Gasteiger partial charge >= 0.3 is 6.03 Å². The lowest BCUT2D eigenvalue weighted by molar-refractivity contribution is 0.0342. The molecule has 4 aromatic carbocycles. The van der Waals surface area contributed by atoms with Crippen molar-refractivity contribution in [2.24, 2.45) is 0 Å². The molecular weight excluding hydrogens is 743 g/mol. The van der Waals surface area contributed by atoms with Crippen molar-refractivity contribution in [3.05, 3.63) is 96.2 Å². The van der Waals surface area contributed by atoms with Crippen molar-refractivity contribution in [1.29, 1.82) is 0 Å². The average molecular weight is 794 g/mol. The molecule has 6 rings (SSSR count). The number of anilines is 5. The minimum Gasteiger partial charge on any atom is -0.496 e. The molecule has 1 fully saturated rings. The Hall–Kier alpha value is -5.70. The number of aromatic nitrogens is 1. The van der Waals surface area contributed by atoms with Gasteiger partial charge in [-0.15, -0.1) is 0 Å². The smallest absolute Gasteiger partial charge is 0.323 e. The van der Waals surface area contributed by atoms with E-state index >= 15 is 0 Å². The molecule has 0 saturated carbocycles. The quantitative estimate of drug-likeness (QED) is 0.0687. The molecule has 5 N–H and O–H groups in total. The molecule has 2 heterocycles. The number of fused-ring (bicyclic) bond motifs is 1. The SMILES string of the molecule is COc1cc(Nc2cc(Oc3ccc(NC(=O)Nc4cc(C(C)(C)C)cc(NSC)c4OC)c4ccccc34)ccn2)ccc1C(=O)NC(C)CN1CCOCC1. The van der Waals surface area contributed by atoms with Crippen LogP contribution in [0, 0.1) is 0 Å². The lowest BCUT2D eigenvalue weighted by Gasteiger charge is -2.29. The second-order valence-electron chi connectivity index (χ2n) is 14.7. The average Bonchev–Trinajstić information content (AvgIpc) is 3.19. The van der Waals surface area contributed by atoms with Crippen LogP contribution < -0.4 is 40.2 Å². The van der Waals surface area contributed by atoms with Crippen LogP contribution in [0.1, 0.15) is 43.6 Å². The number of benzene rings is 4. The molecule has 0 bridgehead atoms. The Labute approximate surface area is 338 Å². The molecule has 1 unspecified atom stereocenters. The number of hydrogen-bond acceptors (Lipinski definition) is 11. The highest BCUT2D eigenvalue weighted by Crippen LogP contribution is 2.40. The Morgan fingerprint density at radius 1 is 0.877 bits per heavy atom. The van der Waals surface area contributed by atoms with Crippen molar-refractivity contribution in [1.82, 2.24) is 15.2 Å². The van der Waals surface area contributed by atoms with Crippen LogP contribution in [0.15, 0.2) is 85.1 Å². The summed E-state index contributed by atoms with van der Waals surface area (Å²) in [5, 5.41) is 14.0. The Bertz CT molecular complexity index is 2210. The number of morpholine rings is 1. The molecule has 1 aromatic heterocycles. The van der Waals surface area contributed by atoms with E-state index in [2.05, 4.69) is 56.6 Å². The lowest BCUT2D eigenvalue weighted by atomic mass is 9.86. The number of nitrogens with one attached hydrogen (secondary N) is 5. The first-order valence-corrected chi connectivity index (χ1v) is 20.0. The fourth-order valence-electron chi connectivity index (χ4n) is 6.60. The summed E-state index contributed by atoms with van der Waals surface area (Å²) in [6.45, 7) is 12.2. The molecule has 1 aliphatic heterocycles. The molecule has 300 valence electrons. The predicted molar refractivity (Wildman–Crippen MR) is 230 cm³/mol. The van der Waals surface area contributed by atoms with Gasteiger partial charge in [0.15, 0.2) is 5.75 Å². The standard InChI is InChI=1S/C43H51N7O6S/c1-27(26-50-18-20-55-21-19-50)45-41(51)33-13-12-29(24-38(33)53-5)46-39-25-30(16-17-44-39)56-37-15-14-34(31-10-8-9-11-32(31)37)47-42(52)48-35-22-28(43(2,3)4)23-36(49-57-7)40(35)54-6/h8-17,22-25,27,49H,18-21,26H2,1-7H3,(H,44,46)(H,45,51)(H2,47,48,52). The van der Waals surface area contributed by atoms with E-state index in [1.807, 2.05) is 67.8 Å². The van der Waals surface area contributed by atoms with Gasteiger partial charge in [-0.25, -0.2) is 9.78 Å². The molecule has 5 aromatic rings. The maximum Gasteiger partial charge on any atom is 0.323 e. The molecule has 1 saturated heterocycles. The maximum absolute atomic E-state index is 13.5. The summed E-state index contributed by atoms with van der Waals surface area (Å²) in [7, 11) is 3.13. The maximum atomic E-state index is 13.5. The summed E-state index contributed by atoms with van der Waals surface area (Å²) in [5.74, 6) is 2.45. The number of ether oxygens (including phenoxy) is 4. The van der Waals surface area contributed by atoms with E-state index in [4.69, 9.17) is 18.9 Å². The number of pyridine rings is 1. The third-order valence-corrected chi connectivity index (χ3v) is 9.87. The normalized spacial score (nSPS) is 13.7. The highest BCUT2D eigenvalue weighted by atomic mass is 32.2. The number of nitrogens with zero attached hydrogens (tertiary/aromatic N) is 2. The van der Waals surface area contributed by atoms with Crippen LogP contribution >= 0.6 is 11.9 Å². The fraction of sp³-hybridized carbons (Fsp3) is 0.326. The van der Waals surface area contributed by atoms with Gasteiger partial charge in [-0.3, -0.25) is 9.69 Å². The van der Waals surface area contributed by atoms with Gasteiger partial charge in [0.2, 0.25) is 0 Å². The van der Waals surface area contributed by atoms with Gasteiger partial charge in [-0.1, -0.05) is 57.0 Å². The summed E-state index contributed by atoms with van der Waals surface area (Å²) < 4.78 is 26.4. The van der Waals surface area contributed by atoms with Gasteiger partial charge in [0.1, 0.15) is 23.1 Å². The van der Waals surface area contributed by atoms with Crippen molar-refractivity contribution >= 4 is 63.2 Å². The highest BCUT2D eigenvalue weighted by molar-refractivity contribution is 7.99. The van der Waals surface area contributed by atoms with Crippen molar-refractivity contribution in [2.75, 3.05) is 74.0 Å². The number of methoxy groups -OCH3 is 2.